The van der Waals surface area contributed by atoms with Crippen LogP contribution in [0.15, 0.2) is 4.99 Å². The Balaban J connectivity index is 3.47. The molecule has 0 bridgehead atoms. The highest BCUT2D eigenvalue weighted by molar-refractivity contribution is 7.98. The van der Waals surface area contributed by atoms with E-state index < -0.39 is 0 Å². The summed E-state index contributed by atoms with van der Waals surface area (Å²) >= 11 is 1.89. The number of hydrazine groups is 1. The Morgan fingerprint density at radius 1 is 1.38 bits per heavy atom. The van der Waals surface area contributed by atoms with Crippen LogP contribution in [-0.4, -0.2) is 44.8 Å². The maximum absolute atomic E-state index is 5.33. The fourth-order valence-corrected chi connectivity index (χ4v) is 1.64. The summed E-state index contributed by atoms with van der Waals surface area (Å²) in [6.07, 6.45) is 5.73. The zero-order valence-electron chi connectivity index (χ0n) is 10.3. The van der Waals surface area contributed by atoms with E-state index in [1.54, 1.807) is 7.11 Å². The summed E-state index contributed by atoms with van der Waals surface area (Å²) in [6, 6.07) is 0. The van der Waals surface area contributed by atoms with Crippen molar-refractivity contribution < 1.29 is 4.74 Å². The average Bonchev–Trinajstić information content (AvgIpc) is 2.31. The number of nitrogens with one attached hydrogen (secondary N) is 2. The van der Waals surface area contributed by atoms with E-state index in [4.69, 9.17) is 10.6 Å². The first-order valence-corrected chi connectivity index (χ1v) is 6.97. The number of nitrogens with zero attached hydrogens (tertiary/aromatic N) is 1. The normalized spacial score (nSPS) is 11.6. The number of hydrogen-bond acceptors (Lipinski definition) is 4. The first-order valence-electron chi connectivity index (χ1n) is 5.58. The molecule has 0 rings (SSSR count). The molecule has 0 aliphatic carbocycles. The number of nitrogens with two attached hydrogens (primary N) is 1. The Morgan fingerprint density at radius 3 is 2.81 bits per heavy atom. The molecule has 0 atom stereocenters. The van der Waals surface area contributed by atoms with Crippen LogP contribution in [0.3, 0.4) is 0 Å². The fraction of sp³-hybridized carbons (Fsp3) is 0.900. The van der Waals surface area contributed by atoms with Gasteiger partial charge >= 0.3 is 0 Å². The standard InChI is InChI=1S/C10H24N4OS/c1-15-8-7-13-10(14-11)12-6-4-3-5-9-16-2/h3-9,11H2,1-2H3,(H2,12,13,14). The van der Waals surface area contributed by atoms with Crippen molar-refractivity contribution in [1.29, 1.82) is 0 Å². The van der Waals surface area contributed by atoms with Gasteiger partial charge in [0, 0.05) is 20.2 Å². The second kappa shape index (κ2) is 12.6. The van der Waals surface area contributed by atoms with Crippen LogP contribution in [0.2, 0.25) is 0 Å². The first-order chi connectivity index (χ1) is 7.85. The summed E-state index contributed by atoms with van der Waals surface area (Å²) in [5.74, 6) is 7.20. The van der Waals surface area contributed by atoms with Gasteiger partial charge in [0.25, 0.3) is 0 Å². The van der Waals surface area contributed by atoms with E-state index in [1.165, 1.54) is 18.6 Å². The third-order valence-corrected chi connectivity index (χ3v) is 2.71. The zero-order chi connectivity index (χ0) is 12.1. The van der Waals surface area contributed by atoms with Crippen LogP contribution in [0, 0.1) is 0 Å². The maximum Gasteiger partial charge on any atom is 0.205 e. The van der Waals surface area contributed by atoms with Gasteiger partial charge < -0.3 is 10.1 Å². The van der Waals surface area contributed by atoms with Gasteiger partial charge in [0.2, 0.25) is 5.96 Å². The lowest BCUT2D eigenvalue weighted by atomic mass is 10.2. The minimum atomic E-state index is 0.641. The summed E-state index contributed by atoms with van der Waals surface area (Å²) in [4.78, 5) is 4.32. The Labute approximate surface area is 103 Å². The van der Waals surface area contributed by atoms with Crippen LogP contribution in [0.4, 0.5) is 0 Å². The number of aliphatic imine (C=N–C) groups is 1. The molecule has 0 aromatic heterocycles. The number of thioether (sulfide) groups is 1. The largest absolute Gasteiger partial charge is 0.383 e. The topological polar surface area (TPSA) is 71.7 Å². The van der Waals surface area contributed by atoms with Gasteiger partial charge in [-0.2, -0.15) is 11.8 Å². The molecule has 96 valence electrons. The molecule has 0 amide bonds. The molecule has 16 heavy (non-hydrogen) atoms. The number of rotatable bonds is 9. The molecule has 0 aliphatic rings. The molecule has 0 saturated carbocycles. The second-order valence-corrected chi connectivity index (χ2v) is 4.33. The molecule has 0 aliphatic heterocycles. The van der Waals surface area contributed by atoms with Crippen LogP contribution < -0.4 is 16.6 Å². The highest BCUT2D eigenvalue weighted by atomic mass is 32.2. The van der Waals surface area contributed by atoms with E-state index in [9.17, 15) is 0 Å². The molecule has 0 saturated heterocycles. The van der Waals surface area contributed by atoms with Crippen LogP contribution in [0.5, 0.6) is 0 Å². The van der Waals surface area contributed by atoms with Crippen molar-refractivity contribution >= 4 is 17.7 Å². The third-order valence-electron chi connectivity index (χ3n) is 2.01. The molecule has 0 unspecified atom stereocenters. The summed E-state index contributed by atoms with van der Waals surface area (Å²) in [5.41, 5.74) is 2.54. The molecule has 5 nitrogen and oxygen atoms in total. The molecule has 0 aromatic carbocycles. The molecule has 4 N–H and O–H groups in total. The predicted octanol–water partition coefficient (Wildman–Crippen LogP) is 0.575. The van der Waals surface area contributed by atoms with E-state index in [2.05, 4.69) is 22.0 Å². The molecule has 0 radical (unpaired) electrons. The van der Waals surface area contributed by atoms with Crippen molar-refractivity contribution in [3.05, 3.63) is 0 Å². The van der Waals surface area contributed by atoms with Crippen LogP contribution in [-0.2, 0) is 4.74 Å². The molecule has 6 heteroatoms. The Hall–Kier alpha value is -0.460. The van der Waals surface area contributed by atoms with Crippen molar-refractivity contribution in [1.82, 2.24) is 10.7 Å². The van der Waals surface area contributed by atoms with E-state index in [-0.39, 0.29) is 0 Å². The van der Waals surface area contributed by atoms with Gasteiger partial charge in [-0.25, -0.2) is 5.84 Å². The first kappa shape index (κ1) is 15.5. The van der Waals surface area contributed by atoms with Gasteiger partial charge in [-0.05, 0) is 24.9 Å². The predicted molar refractivity (Wildman–Crippen MR) is 71.7 cm³/mol. The second-order valence-electron chi connectivity index (χ2n) is 3.35. The van der Waals surface area contributed by atoms with Crippen molar-refractivity contribution in [2.75, 3.05) is 38.8 Å². The minimum absolute atomic E-state index is 0.641. The Bertz CT molecular complexity index is 178. The average molecular weight is 248 g/mol. The van der Waals surface area contributed by atoms with Crippen molar-refractivity contribution in [2.45, 2.75) is 19.3 Å². The van der Waals surface area contributed by atoms with E-state index >= 15 is 0 Å². The van der Waals surface area contributed by atoms with Crippen LogP contribution in [0.25, 0.3) is 0 Å². The lowest BCUT2D eigenvalue weighted by Gasteiger charge is -2.08. The summed E-state index contributed by atoms with van der Waals surface area (Å²) in [7, 11) is 1.67. The van der Waals surface area contributed by atoms with Crippen molar-refractivity contribution in [2.24, 2.45) is 10.8 Å². The van der Waals surface area contributed by atoms with Crippen LogP contribution in [0.1, 0.15) is 19.3 Å². The number of guanidine groups is 1. The molecular weight excluding hydrogens is 224 g/mol. The van der Waals surface area contributed by atoms with Gasteiger partial charge in [0.05, 0.1) is 6.61 Å². The smallest absolute Gasteiger partial charge is 0.205 e. The van der Waals surface area contributed by atoms with E-state index in [0.717, 1.165) is 13.0 Å². The zero-order valence-corrected chi connectivity index (χ0v) is 11.1. The number of hydrogen-bond donors (Lipinski definition) is 3. The van der Waals surface area contributed by atoms with Crippen molar-refractivity contribution in [3.63, 3.8) is 0 Å². The van der Waals surface area contributed by atoms with Crippen LogP contribution >= 0.6 is 11.8 Å². The van der Waals surface area contributed by atoms with Gasteiger partial charge in [0.15, 0.2) is 0 Å². The number of methoxy groups -OCH3 is 1. The fourth-order valence-electron chi connectivity index (χ4n) is 1.15. The molecule has 0 spiro atoms. The van der Waals surface area contributed by atoms with E-state index in [1.807, 2.05) is 11.8 Å². The van der Waals surface area contributed by atoms with Gasteiger partial charge in [-0.15, -0.1) is 0 Å². The molecular formula is C10H24N4OS. The SMILES string of the molecule is COCCNC(=NCCCCCSC)NN. The number of ether oxygens (including phenoxy) is 1. The number of unbranched alkanes of at least 4 members (excludes halogenated alkanes) is 2. The van der Waals surface area contributed by atoms with Gasteiger partial charge in [-0.1, -0.05) is 6.42 Å². The third kappa shape index (κ3) is 10.1. The monoisotopic (exact) mass is 248 g/mol. The van der Waals surface area contributed by atoms with Gasteiger partial charge in [0.1, 0.15) is 0 Å². The summed E-state index contributed by atoms with van der Waals surface area (Å²) in [6.45, 7) is 2.17. The lowest BCUT2D eigenvalue weighted by Crippen LogP contribution is -2.42. The quantitative estimate of drug-likeness (QED) is 0.183. The van der Waals surface area contributed by atoms with Crippen molar-refractivity contribution in [3.8, 4) is 0 Å². The molecule has 0 heterocycles. The minimum Gasteiger partial charge on any atom is -0.383 e. The highest BCUT2D eigenvalue weighted by Crippen LogP contribution is 2.01. The highest BCUT2D eigenvalue weighted by Gasteiger charge is 1.94. The Morgan fingerprint density at radius 2 is 2.19 bits per heavy atom. The molecule has 0 aromatic rings. The summed E-state index contributed by atoms with van der Waals surface area (Å²) in [5, 5.41) is 3.06. The van der Waals surface area contributed by atoms with E-state index in [0.29, 0.717) is 19.1 Å². The Kier molecular flexibility index (Phi) is 12.2. The maximum atomic E-state index is 5.33. The van der Waals surface area contributed by atoms with Gasteiger partial charge in [-0.3, -0.25) is 10.4 Å². The lowest BCUT2D eigenvalue weighted by molar-refractivity contribution is 0.203. The summed E-state index contributed by atoms with van der Waals surface area (Å²) < 4.78 is 4.92. The molecule has 0 fully saturated rings.